The van der Waals surface area contributed by atoms with Crippen LogP contribution >= 0.6 is 0 Å². The third-order valence-electron chi connectivity index (χ3n) is 4.64. The summed E-state index contributed by atoms with van der Waals surface area (Å²) in [6, 6.07) is 8.46. The lowest BCUT2D eigenvalue weighted by Crippen LogP contribution is -2.06. The van der Waals surface area contributed by atoms with Crippen LogP contribution in [0, 0.1) is 13.8 Å². The Morgan fingerprint density at radius 1 is 1.13 bits per heavy atom. The van der Waals surface area contributed by atoms with Gasteiger partial charge in [-0.2, -0.15) is 4.98 Å². The number of aryl methyl sites for hydroxylation is 2. The molecule has 0 saturated heterocycles. The number of ether oxygens (including phenoxy) is 1. The molecule has 0 spiro atoms. The van der Waals surface area contributed by atoms with E-state index in [2.05, 4.69) is 25.6 Å². The summed E-state index contributed by atoms with van der Waals surface area (Å²) >= 11 is 0. The summed E-state index contributed by atoms with van der Waals surface area (Å²) in [6.07, 6.45) is 1.66. The van der Waals surface area contributed by atoms with Gasteiger partial charge in [0.1, 0.15) is 17.1 Å². The molecule has 10 nitrogen and oxygen atoms in total. The Bertz CT molecular complexity index is 1360. The summed E-state index contributed by atoms with van der Waals surface area (Å²) < 4.78 is 10.2. The van der Waals surface area contributed by atoms with Gasteiger partial charge in [0.2, 0.25) is 5.95 Å². The molecule has 0 aliphatic carbocycles. The fourth-order valence-corrected chi connectivity index (χ4v) is 3.19. The van der Waals surface area contributed by atoms with Crippen LogP contribution in [0.1, 0.15) is 21.5 Å². The van der Waals surface area contributed by atoms with E-state index < -0.39 is 11.7 Å². The minimum Gasteiger partial charge on any atom is -0.496 e. The maximum absolute atomic E-state index is 11.5. The molecule has 0 bridgehead atoms. The molecule has 158 valence electrons. The topological polar surface area (TPSA) is 142 Å². The SMILES string of the molecule is COc1cc(Nc2ncc(C)c(Nc3ccc4oc(=O)[nH]c4c3)n2)cc(C)c1C(=O)O. The number of nitrogens with one attached hydrogen (secondary N) is 3. The smallest absolute Gasteiger partial charge is 0.417 e. The number of aromatic nitrogens is 3. The molecule has 0 aliphatic rings. The minimum absolute atomic E-state index is 0.105. The van der Waals surface area contributed by atoms with Crippen LogP contribution in [0.15, 0.2) is 45.7 Å². The molecule has 31 heavy (non-hydrogen) atoms. The molecule has 4 rings (SSSR count). The number of carboxylic acids is 1. The lowest BCUT2D eigenvalue weighted by Gasteiger charge is -2.13. The van der Waals surface area contributed by atoms with Crippen LogP contribution in [0.25, 0.3) is 11.1 Å². The third-order valence-corrected chi connectivity index (χ3v) is 4.64. The lowest BCUT2D eigenvalue weighted by atomic mass is 10.1. The van der Waals surface area contributed by atoms with E-state index in [1.54, 1.807) is 43.5 Å². The first-order valence-corrected chi connectivity index (χ1v) is 9.26. The zero-order valence-corrected chi connectivity index (χ0v) is 16.9. The maximum atomic E-state index is 11.5. The standard InChI is InChI=1S/C21H19N5O5/c1-10-6-13(8-16(30-3)17(10)19(27)28)24-20-22-9-11(2)18(26-20)23-12-4-5-15-14(7-12)25-21(29)31-15/h4-9H,1-3H3,(H,25,29)(H,27,28)(H2,22,23,24,26). The predicted octanol–water partition coefficient (Wildman–Crippen LogP) is 3.72. The van der Waals surface area contributed by atoms with E-state index in [0.717, 1.165) is 5.56 Å². The number of oxazole rings is 1. The molecule has 2 aromatic heterocycles. The van der Waals surface area contributed by atoms with Crippen LogP contribution in [0.2, 0.25) is 0 Å². The van der Waals surface area contributed by atoms with Gasteiger partial charge in [0, 0.05) is 29.2 Å². The summed E-state index contributed by atoms with van der Waals surface area (Å²) in [5, 5.41) is 15.6. The van der Waals surface area contributed by atoms with Gasteiger partial charge in [-0.25, -0.2) is 14.6 Å². The first kappa shape index (κ1) is 20.0. The largest absolute Gasteiger partial charge is 0.496 e. The Labute approximate surface area is 175 Å². The van der Waals surface area contributed by atoms with Crippen LogP contribution < -0.4 is 21.1 Å². The molecule has 0 fully saturated rings. The Morgan fingerprint density at radius 2 is 1.94 bits per heavy atom. The molecule has 0 aliphatic heterocycles. The van der Waals surface area contributed by atoms with Crippen molar-refractivity contribution in [3.05, 3.63) is 63.8 Å². The number of methoxy groups -OCH3 is 1. The fourth-order valence-electron chi connectivity index (χ4n) is 3.19. The fraction of sp³-hybridized carbons (Fsp3) is 0.143. The highest BCUT2D eigenvalue weighted by molar-refractivity contribution is 5.93. The van der Waals surface area contributed by atoms with Crippen molar-refractivity contribution in [3.63, 3.8) is 0 Å². The molecule has 2 heterocycles. The number of carbonyl (C=O) groups is 1. The number of anilines is 4. The molecule has 0 saturated carbocycles. The molecule has 10 heteroatoms. The van der Waals surface area contributed by atoms with Crippen molar-refractivity contribution in [1.82, 2.24) is 15.0 Å². The Hall–Kier alpha value is -4.34. The number of hydrogen-bond donors (Lipinski definition) is 4. The van der Waals surface area contributed by atoms with Gasteiger partial charge in [-0.15, -0.1) is 0 Å². The summed E-state index contributed by atoms with van der Waals surface area (Å²) in [5.41, 5.74) is 3.79. The van der Waals surface area contributed by atoms with E-state index in [1.165, 1.54) is 7.11 Å². The van der Waals surface area contributed by atoms with Crippen LogP contribution in [0.5, 0.6) is 5.75 Å². The average molecular weight is 421 g/mol. The van der Waals surface area contributed by atoms with Crippen molar-refractivity contribution >= 4 is 40.2 Å². The van der Waals surface area contributed by atoms with Crippen LogP contribution in [-0.2, 0) is 0 Å². The van der Waals surface area contributed by atoms with Crippen LogP contribution in [0.3, 0.4) is 0 Å². The lowest BCUT2D eigenvalue weighted by molar-refractivity contribution is 0.0692. The minimum atomic E-state index is -1.06. The molecule has 0 atom stereocenters. The number of hydrogen-bond acceptors (Lipinski definition) is 8. The van der Waals surface area contributed by atoms with Crippen molar-refractivity contribution in [2.45, 2.75) is 13.8 Å². The highest BCUT2D eigenvalue weighted by Crippen LogP contribution is 2.29. The molecular formula is C21H19N5O5. The number of aromatic amines is 1. The van der Waals surface area contributed by atoms with Crippen molar-refractivity contribution in [1.29, 1.82) is 0 Å². The van der Waals surface area contributed by atoms with Gasteiger partial charge in [-0.05, 0) is 43.7 Å². The van der Waals surface area contributed by atoms with Crippen molar-refractivity contribution < 1.29 is 19.1 Å². The summed E-state index contributed by atoms with van der Waals surface area (Å²) in [4.78, 5) is 34.2. The average Bonchev–Trinajstić information content (AvgIpc) is 3.09. The molecule has 4 N–H and O–H groups in total. The number of aromatic carboxylic acids is 1. The first-order valence-electron chi connectivity index (χ1n) is 9.26. The molecule has 0 unspecified atom stereocenters. The summed E-state index contributed by atoms with van der Waals surface area (Å²) in [5.74, 6) is -0.460. The van der Waals surface area contributed by atoms with Crippen LogP contribution in [-0.4, -0.2) is 33.1 Å². The third kappa shape index (κ3) is 4.04. The van der Waals surface area contributed by atoms with Gasteiger partial charge >= 0.3 is 11.7 Å². The van der Waals surface area contributed by atoms with Gasteiger partial charge in [0.05, 0.1) is 12.6 Å². The van der Waals surface area contributed by atoms with Crippen LogP contribution in [0.4, 0.5) is 23.1 Å². The van der Waals surface area contributed by atoms with Gasteiger partial charge in [0.25, 0.3) is 0 Å². The monoisotopic (exact) mass is 421 g/mol. The number of nitrogens with zero attached hydrogens (tertiary/aromatic N) is 2. The van der Waals surface area contributed by atoms with E-state index in [-0.39, 0.29) is 11.3 Å². The number of carboxylic acid groups (broad SMARTS) is 1. The van der Waals surface area contributed by atoms with Crippen molar-refractivity contribution in [2.24, 2.45) is 0 Å². The van der Waals surface area contributed by atoms with Gasteiger partial charge in [0.15, 0.2) is 5.58 Å². The second-order valence-corrected chi connectivity index (χ2v) is 6.88. The van der Waals surface area contributed by atoms with Crippen molar-refractivity contribution in [3.8, 4) is 5.75 Å². The van der Waals surface area contributed by atoms with E-state index in [0.29, 0.717) is 39.8 Å². The Balaban J connectivity index is 1.62. The van der Waals surface area contributed by atoms with E-state index >= 15 is 0 Å². The number of fused-ring (bicyclic) bond motifs is 1. The maximum Gasteiger partial charge on any atom is 0.417 e. The quantitative estimate of drug-likeness (QED) is 0.366. The molecular weight excluding hydrogens is 402 g/mol. The van der Waals surface area contributed by atoms with Crippen molar-refractivity contribution in [2.75, 3.05) is 17.7 Å². The van der Waals surface area contributed by atoms with E-state index in [9.17, 15) is 14.7 Å². The Morgan fingerprint density at radius 3 is 2.68 bits per heavy atom. The number of benzene rings is 2. The molecule has 2 aromatic carbocycles. The van der Waals surface area contributed by atoms with Gasteiger partial charge < -0.3 is 24.9 Å². The highest BCUT2D eigenvalue weighted by Gasteiger charge is 2.16. The first-order chi connectivity index (χ1) is 14.8. The normalized spacial score (nSPS) is 10.8. The zero-order valence-electron chi connectivity index (χ0n) is 16.9. The Kier molecular flexibility index (Phi) is 5.04. The second-order valence-electron chi connectivity index (χ2n) is 6.88. The second kappa shape index (κ2) is 7.82. The van der Waals surface area contributed by atoms with E-state index in [4.69, 9.17) is 9.15 Å². The summed E-state index contributed by atoms with van der Waals surface area (Å²) in [6.45, 7) is 3.55. The molecule has 0 radical (unpaired) electrons. The highest BCUT2D eigenvalue weighted by atomic mass is 16.5. The van der Waals surface area contributed by atoms with Gasteiger partial charge in [-0.3, -0.25) is 4.98 Å². The zero-order chi connectivity index (χ0) is 22.1. The number of H-pyrrole nitrogens is 1. The van der Waals surface area contributed by atoms with Gasteiger partial charge in [-0.1, -0.05) is 0 Å². The number of rotatable bonds is 6. The molecule has 4 aromatic rings. The predicted molar refractivity (Wildman–Crippen MR) is 115 cm³/mol. The van der Waals surface area contributed by atoms with E-state index in [1.807, 2.05) is 6.92 Å². The molecule has 0 amide bonds. The summed E-state index contributed by atoms with van der Waals surface area (Å²) in [7, 11) is 1.42.